The molecule has 0 atom stereocenters. The minimum absolute atomic E-state index is 0.958. The molecule has 0 aromatic rings. The molecule has 0 aromatic heterocycles. The third-order valence-electron chi connectivity index (χ3n) is 2.51. The van der Waals surface area contributed by atoms with Gasteiger partial charge in [-0.25, -0.2) is 0 Å². The van der Waals surface area contributed by atoms with Gasteiger partial charge < -0.3 is 5.32 Å². The smallest absolute Gasteiger partial charge is 0.0214 e. The monoisotopic (exact) mass is 165 g/mol. The van der Waals surface area contributed by atoms with E-state index in [1.54, 1.807) is 0 Å². The lowest BCUT2D eigenvalue weighted by molar-refractivity contribution is 0.494. The maximum absolute atomic E-state index is 3.46. The fraction of sp³-hybridized carbons (Fsp3) is 0.818. The van der Waals surface area contributed by atoms with Crippen molar-refractivity contribution in [2.24, 2.45) is 5.92 Å². The highest BCUT2D eigenvalue weighted by Crippen LogP contribution is 2.23. The Labute approximate surface area is 75.9 Å². The predicted molar refractivity (Wildman–Crippen MR) is 52.9 cm³/mol. The van der Waals surface area contributed by atoms with Crippen molar-refractivity contribution in [3.63, 3.8) is 0 Å². The van der Waals surface area contributed by atoms with Crippen molar-refractivity contribution in [1.29, 1.82) is 0 Å². The van der Waals surface area contributed by atoms with Crippen molar-refractivity contribution < 1.29 is 0 Å². The molecule has 0 unspecified atom stereocenters. The Hall–Kier alpha value is -0.480. The van der Waals surface area contributed by atoms with E-state index in [0.29, 0.717) is 0 Å². The Bertz CT molecular complexity index is 158. The summed E-state index contributed by atoms with van der Waals surface area (Å²) >= 11 is 0. The van der Waals surface area contributed by atoms with Crippen LogP contribution in [-0.4, -0.2) is 13.1 Å². The first-order chi connectivity index (χ1) is 5.93. The van der Waals surface area contributed by atoms with Crippen LogP contribution >= 0.6 is 0 Å². The fourth-order valence-electron chi connectivity index (χ4n) is 1.80. The molecule has 0 radical (unpaired) electrons. The topological polar surface area (TPSA) is 12.0 Å². The Kier molecular flexibility index (Phi) is 4.87. The summed E-state index contributed by atoms with van der Waals surface area (Å²) in [4.78, 5) is 0. The summed E-state index contributed by atoms with van der Waals surface area (Å²) in [5.74, 6) is 6.93. The van der Waals surface area contributed by atoms with Crippen LogP contribution in [0.1, 0.15) is 39.0 Å². The molecule has 1 nitrogen and oxygen atoms in total. The SMILES string of the molecule is CC#CCCNCC1CCCC1. The molecule has 1 rings (SSSR count). The molecule has 1 heteroatoms. The third kappa shape index (κ3) is 3.78. The van der Waals surface area contributed by atoms with Crippen molar-refractivity contribution in [3.8, 4) is 11.8 Å². The summed E-state index contributed by atoms with van der Waals surface area (Å²) in [6, 6.07) is 0. The quantitative estimate of drug-likeness (QED) is 0.497. The first kappa shape index (κ1) is 9.61. The molecule has 0 bridgehead atoms. The van der Waals surface area contributed by atoms with E-state index in [0.717, 1.165) is 18.9 Å². The lowest BCUT2D eigenvalue weighted by atomic mass is 10.1. The van der Waals surface area contributed by atoms with Crippen molar-refractivity contribution in [2.75, 3.05) is 13.1 Å². The van der Waals surface area contributed by atoms with Crippen molar-refractivity contribution >= 4 is 0 Å². The van der Waals surface area contributed by atoms with Gasteiger partial charge in [-0.15, -0.1) is 11.8 Å². The van der Waals surface area contributed by atoms with Crippen molar-refractivity contribution in [2.45, 2.75) is 39.0 Å². The maximum Gasteiger partial charge on any atom is 0.0214 e. The second-order valence-electron chi connectivity index (χ2n) is 3.53. The van der Waals surface area contributed by atoms with Crippen LogP contribution in [0.4, 0.5) is 0 Å². The first-order valence-electron chi connectivity index (χ1n) is 5.04. The van der Waals surface area contributed by atoms with E-state index in [9.17, 15) is 0 Å². The Morgan fingerprint density at radius 3 is 2.75 bits per heavy atom. The Balaban J connectivity index is 1.90. The van der Waals surface area contributed by atoms with Gasteiger partial charge in [-0.2, -0.15) is 0 Å². The van der Waals surface area contributed by atoms with Gasteiger partial charge in [0.2, 0.25) is 0 Å². The van der Waals surface area contributed by atoms with Gasteiger partial charge in [-0.05, 0) is 32.2 Å². The van der Waals surface area contributed by atoms with Gasteiger partial charge in [0, 0.05) is 13.0 Å². The zero-order valence-corrected chi connectivity index (χ0v) is 8.03. The van der Waals surface area contributed by atoms with Gasteiger partial charge in [0.15, 0.2) is 0 Å². The van der Waals surface area contributed by atoms with E-state index in [2.05, 4.69) is 17.2 Å². The average molecular weight is 165 g/mol. The highest BCUT2D eigenvalue weighted by atomic mass is 14.9. The summed E-state index contributed by atoms with van der Waals surface area (Å²) in [6.45, 7) is 4.18. The molecule has 0 saturated heterocycles. The molecule has 0 spiro atoms. The summed E-state index contributed by atoms with van der Waals surface area (Å²) in [6.07, 6.45) is 6.77. The second-order valence-corrected chi connectivity index (χ2v) is 3.53. The maximum atomic E-state index is 3.46. The lowest BCUT2D eigenvalue weighted by Crippen LogP contribution is -2.21. The molecule has 1 aliphatic carbocycles. The van der Waals surface area contributed by atoms with Gasteiger partial charge in [0.25, 0.3) is 0 Å². The molecular weight excluding hydrogens is 146 g/mol. The van der Waals surface area contributed by atoms with Crippen LogP contribution in [-0.2, 0) is 0 Å². The van der Waals surface area contributed by atoms with Crippen LogP contribution in [0, 0.1) is 17.8 Å². The van der Waals surface area contributed by atoms with Crippen LogP contribution in [0.25, 0.3) is 0 Å². The van der Waals surface area contributed by atoms with Crippen molar-refractivity contribution in [1.82, 2.24) is 5.32 Å². The fourth-order valence-corrected chi connectivity index (χ4v) is 1.80. The van der Waals surface area contributed by atoms with Crippen LogP contribution in [0.2, 0.25) is 0 Å². The minimum atomic E-state index is 0.958. The van der Waals surface area contributed by atoms with Gasteiger partial charge in [-0.1, -0.05) is 12.8 Å². The number of hydrogen-bond acceptors (Lipinski definition) is 1. The van der Waals surface area contributed by atoms with Gasteiger partial charge in [0.1, 0.15) is 0 Å². The molecule has 0 aromatic carbocycles. The minimum Gasteiger partial charge on any atom is -0.316 e. The number of rotatable bonds is 4. The molecular formula is C11H19N. The number of nitrogens with one attached hydrogen (secondary N) is 1. The van der Waals surface area contributed by atoms with Crippen LogP contribution in [0.5, 0.6) is 0 Å². The lowest BCUT2D eigenvalue weighted by Gasteiger charge is -2.08. The summed E-state index contributed by atoms with van der Waals surface area (Å²) in [7, 11) is 0. The van der Waals surface area contributed by atoms with E-state index in [1.165, 1.54) is 32.2 Å². The average Bonchev–Trinajstić information content (AvgIpc) is 2.57. The zero-order chi connectivity index (χ0) is 8.65. The summed E-state index contributed by atoms with van der Waals surface area (Å²) < 4.78 is 0. The molecule has 1 N–H and O–H groups in total. The van der Waals surface area contributed by atoms with Crippen LogP contribution < -0.4 is 5.32 Å². The van der Waals surface area contributed by atoms with Gasteiger partial charge in [0.05, 0.1) is 0 Å². The first-order valence-corrected chi connectivity index (χ1v) is 5.04. The Morgan fingerprint density at radius 2 is 2.08 bits per heavy atom. The number of hydrogen-bond donors (Lipinski definition) is 1. The molecule has 1 aliphatic rings. The third-order valence-corrected chi connectivity index (χ3v) is 2.51. The van der Waals surface area contributed by atoms with E-state index in [1.807, 2.05) is 6.92 Å². The summed E-state index contributed by atoms with van der Waals surface area (Å²) in [5.41, 5.74) is 0. The van der Waals surface area contributed by atoms with Crippen LogP contribution in [0.15, 0.2) is 0 Å². The largest absolute Gasteiger partial charge is 0.316 e. The molecule has 0 amide bonds. The van der Waals surface area contributed by atoms with Gasteiger partial charge in [-0.3, -0.25) is 0 Å². The normalized spacial score (nSPS) is 17.4. The molecule has 0 aliphatic heterocycles. The standard InChI is InChI=1S/C11H19N/c1-2-3-6-9-12-10-11-7-4-5-8-11/h11-12H,4-10H2,1H3. The predicted octanol–water partition coefficient (Wildman–Crippen LogP) is 2.18. The summed E-state index contributed by atoms with van der Waals surface area (Å²) in [5, 5.41) is 3.46. The van der Waals surface area contributed by atoms with Crippen molar-refractivity contribution in [3.05, 3.63) is 0 Å². The molecule has 0 heterocycles. The second kappa shape index (κ2) is 6.08. The highest BCUT2D eigenvalue weighted by Gasteiger charge is 2.13. The van der Waals surface area contributed by atoms with Crippen LogP contribution in [0.3, 0.4) is 0 Å². The molecule has 68 valence electrons. The van der Waals surface area contributed by atoms with E-state index >= 15 is 0 Å². The highest BCUT2D eigenvalue weighted by molar-refractivity contribution is 4.95. The molecule has 1 fully saturated rings. The van der Waals surface area contributed by atoms with E-state index in [-0.39, 0.29) is 0 Å². The van der Waals surface area contributed by atoms with E-state index < -0.39 is 0 Å². The molecule has 12 heavy (non-hydrogen) atoms. The van der Waals surface area contributed by atoms with Gasteiger partial charge >= 0.3 is 0 Å². The van der Waals surface area contributed by atoms with E-state index in [4.69, 9.17) is 0 Å². The zero-order valence-electron chi connectivity index (χ0n) is 8.03. The molecule has 1 saturated carbocycles. The Morgan fingerprint density at radius 1 is 1.33 bits per heavy atom.